The van der Waals surface area contributed by atoms with Gasteiger partial charge in [0.25, 0.3) is 5.91 Å². The fourth-order valence-corrected chi connectivity index (χ4v) is 7.17. The molecule has 0 radical (unpaired) electrons. The van der Waals surface area contributed by atoms with E-state index >= 15 is 0 Å². The maximum absolute atomic E-state index is 13.7. The van der Waals surface area contributed by atoms with E-state index in [0.29, 0.717) is 31.6 Å². The van der Waals surface area contributed by atoms with E-state index in [1.54, 1.807) is 0 Å². The van der Waals surface area contributed by atoms with Crippen LogP contribution in [0.1, 0.15) is 47.2 Å². The molecule has 3 aliphatic rings. The smallest absolute Gasteiger partial charge is 0.378 e. The van der Waals surface area contributed by atoms with Gasteiger partial charge in [0.15, 0.2) is 0 Å². The normalized spacial score (nSPS) is 19.2. The first kappa shape index (κ1) is 31.1. The third kappa shape index (κ3) is 6.58. The SMILES string of the molecule is O=C(NC1CCN(CCCCC2(C(=O)NCC(F)(F)F)c3ccccc3-c3ccccc32)C1)c1ccccc1N1CCOCC1. The summed E-state index contributed by atoms with van der Waals surface area (Å²) in [6.45, 7) is 3.79. The molecule has 10 heteroatoms. The zero-order valence-corrected chi connectivity index (χ0v) is 25.2. The Labute approximate surface area is 261 Å². The van der Waals surface area contributed by atoms with Gasteiger partial charge in [-0.3, -0.25) is 9.59 Å². The standard InChI is InChI=1S/C35H39F3N4O3/c36-35(37,38)24-39-33(44)34(29-12-4-1-9-26(29)27-10-2-5-13-30(27)34)16-7-8-17-41-18-15-25(23-41)40-32(43)28-11-3-6-14-31(28)42-19-21-45-22-20-42/h1-6,9-14,25H,7-8,15-24H2,(H,39,44)(H,40,43). The Morgan fingerprint density at radius 1 is 0.867 bits per heavy atom. The van der Waals surface area contributed by atoms with Gasteiger partial charge in [-0.2, -0.15) is 13.2 Å². The van der Waals surface area contributed by atoms with Crippen LogP contribution in [-0.2, 0) is 14.9 Å². The second-order valence-corrected chi connectivity index (χ2v) is 12.1. The Morgan fingerprint density at radius 2 is 1.51 bits per heavy atom. The molecule has 2 amide bonds. The van der Waals surface area contributed by atoms with Gasteiger partial charge in [-0.25, -0.2) is 0 Å². The number of rotatable bonds is 10. The summed E-state index contributed by atoms with van der Waals surface area (Å²) in [5.41, 5.74) is 3.71. The van der Waals surface area contributed by atoms with E-state index in [-0.39, 0.29) is 11.9 Å². The molecule has 3 aromatic carbocycles. The molecule has 0 bridgehead atoms. The van der Waals surface area contributed by atoms with Crippen molar-refractivity contribution in [1.29, 1.82) is 0 Å². The molecule has 2 N–H and O–H groups in total. The van der Waals surface area contributed by atoms with Crippen LogP contribution in [0.25, 0.3) is 11.1 Å². The average Bonchev–Trinajstić information content (AvgIpc) is 3.62. The van der Waals surface area contributed by atoms with Crippen molar-refractivity contribution in [3.8, 4) is 11.1 Å². The van der Waals surface area contributed by atoms with Gasteiger partial charge in [0, 0.05) is 37.9 Å². The number of carbonyl (C=O) groups excluding carboxylic acids is 2. The number of fused-ring (bicyclic) bond motifs is 3. The number of halogens is 3. The number of morpholine rings is 1. The number of para-hydroxylation sites is 1. The van der Waals surface area contributed by atoms with E-state index in [2.05, 4.69) is 20.4 Å². The minimum atomic E-state index is -4.50. The number of amides is 2. The number of anilines is 1. The van der Waals surface area contributed by atoms with Crippen molar-refractivity contribution in [1.82, 2.24) is 15.5 Å². The highest BCUT2D eigenvalue weighted by atomic mass is 19.4. The van der Waals surface area contributed by atoms with Gasteiger partial charge >= 0.3 is 6.18 Å². The number of alkyl halides is 3. The minimum absolute atomic E-state index is 0.0309. The lowest BCUT2D eigenvalue weighted by Crippen LogP contribution is -2.47. The largest absolute Gasteiger partial charge is 0.405 e. The van der Waals surface area contributed by atoms with E-state index in [0.717, 1.165) is 73.5 Å². The number of ether oxygens (including phenoxy) is 1. The summed E-state index contributed by atoms with van der Waals surface area (Å²) in [7, 11) is 0. The maximum atomic E-state index is 13.7. The van der Waals surface area contributed by atoms with E-state index in [1.165, 1.54) is 0 Å². The topological polar surface area (TPSA) is 73.9 Å². The molecule has 0 saturated carbocycles. The number of unbranched alkanes of at least 4 members (excludes halogenated alkanes) is 1. The Bertz CT molecular complexity index is 1480. The van der Waals surface area contributed by atoms with Gasteiger partial charge in [0.1, 0.15) is 12.0 Å². The van der Waals surface area contributed by atoms with Crippen molar-refractivity contribution in [3.05, 3.63) is 89.5 Å². The van der Waals surface area contributed by atoms with Gasteiger partial charge in [0.2, 0.25) is 5.91 Å². The predicted octanol–water partition coefficient (Wildman–Crippen LogP) is 5.14. The Hall–Kier alpha value is -3.89. The number of hydrogen-bond acceptors (Lipinski definition) is 5. The molecule has 238 valence electrons. The van der Waals surface area contributed by atoms with Crippen LogP contribution in [0.5, 0.6) is 0 Å². The molecule has 2 saturated heterocycles. The molecule has 2 fully saturated rings. The summed E-state index contributed by atoms with van der Waals surface area (Å²) in [5, 5.41) is 5.43. The van der Waals surface area contributed by atoms with Gasteiger partial charge in [-0.1, -0.05) is 67.1 Å². The van der Waals surface area contributed by atoms with E-state index in [4.69, 9.17) is 4.74 Å². The Morgan fingerprint density at radius 3 is 2.20 bits per heavy atom. The second kappa shape index (κ2) is 13.2. The molecule has 2 aliphatic heterocycles. The number of likely N-dealkylation sites (tertiary alicyclic amines) is 1. The van der Waals surface area contributed by atoms with Crippen LogP contribution in [-0.4, -0.2) is 81.4 Å². The van der Waals surface area contributed by atoms with Crippen LogP contribution in [0.3, 0.4) is 0 Å². The lowest BCUT2D eigenvalue weighted by atomic mass is 9.73. The van der Waals surface area contributed by atoms with Crippen molar-refractivity contribution in [2.24, 2.45) is 0 Å². The molecule has 1 aliphatic carbocycles. The molecule has 45 heavy (non-hydrogen) atoms. The third-order valence-electron chi connectivity index (χ3n) is 9.29. The first-order valence-electron chi connectivity index (χ1n) is 15.8. The number of nitrogens with zero attached hydrogens (tertiary/aromatic N) is 2. The van der Waals surface area contributed by atoms with Crippen molar-refractivity contribution in [2.75, 3.05) is 57.4 Å². The molecule has 3 aromatic rings. The third-order valence-corrected chi connectivity index (χ3v) is 9.29. The molecule has 6 rings (SSSR count). The lowest BCUT2D eigenvalue weighted by Gasteiger charge is -2.31. The van der Waals surface area contributed by atoms with Crippen LogP contribution in [0.4, 0.5) is 18.9 Å². The van der Waals surface area contributed by atoms with Crippen LogP contribution >= 0.6 is 0 Å². The molecule has 2 heterocycles. The molecule has 7 nitrogen and oxygen atoms in total. The summed E-state index contributed by atoms with van der Waals surface area (Å²) in [4.78, 5) is 31.5. The van der Waals surface area contributed by atoms with Crippen molar-refractivity contribution in [3.63, 3.8) is 0 Å². The second-order valence-electron chi connectivity index (χ2n) is 12.1. The lowest BCUT2D eigenvalue weighted by molar-refractivity contribution is -0.141. The zero-order chi connectivity index (χ0) is 31.4. The highest BCUT2D eigenvalue weighted by Gasteiger charge is 2.49. The van der Waals surface area contributed by atoms with Crippen LogP contribution in [0.2, 0.25) is 0 Å². The molecule has 1 unspecified atom stereocenters. The maximum Gasteiger partial charge on any atom is 0.405 e. The first-order chi connectivity index (χ1) is 21.8. The molecular formula is C35H39F3N4O3. The predicted molar refractivity (Wildman–Crippen MR) is 167 cm³/mol. The Balaban J connectivity index is 1.08. The van der Waals surface area contributed by atoms with Crippen LogP contribution in [0.15, 0.2) is 72.8 Å². The highest BCUT2D eigenvalue weighted by molar-refractivity contribution is 6.01. The van der Waals surface area contributed by atoms with Crippen LogP contribution < -0.4 is 15.5 Å². The highest BCUT2D eigenvalue weighted by Crippen LogP contribution is 2.51. The fourth-order valence-electron chi connectivity index (χ4n) is 7.17. The van der Waals surface area contributed by atoms with Gasteiger partial charge in [0.05, 0.1) is 18.8 Å². The molecule has 1 atom stereocenters. The molecule has 0 spiro atoms. The monoisotopic (exact) mass is 620 g/mol. The van der Waals surface area contributed by atoms with Crippen molar-refractivity contribution < 1.29 is 27.5 Å². The number of benzene rings is 3. The summed E-state index contributed by atoms with van der Waals surface area (Å²) in [6.07, 6.45) is -1.82. The summed E-state index contributed by atoms with van der Waals surface area (Å²) >= 11 is 0. The quantitative estimate of drug-likeness (QED) is 0.307. The minimum Gasteiger partial charge on any atom is -0.378 e. The number of carbonyl (C=O) groups is 2. The first-order valence-corrected chi connectivity index (χ1v) is 15.8. The van der Waals surface area contributed by atoms with Crippen molar-refractivity contribution in [2.45, 2.75) is 43.3 Å². The molecular weight excluding hydrogens is 581 g/mol. The van der Waals surface area contributed by atoms with Gasteiger partial charge in [-0.15, -0.1) is 0 Å². The number of hydrogen-bond donors (Lipinski definition) is 2. The van der Waals surface area contributed by atoms with Crippen molar-refractivity contribution >= 4 is 17.5 Å². The van der Waals surface area contributed by atoms with E-state index < -0.39 is 24.0 Å². The summed E-state index contributed by atoms with van der Waals surface area (Å²) in [6, 6.07) is 22.8. The zero-order valence-electron chi connectivity index (χ0n) is 25.2. The fraction of sp³-hybridized carbons (Fsp3) is 0.429. The van der Waals surface area contributed by atoms with E-state index in [9.17, 15) is 22.8 Å². The number of nitrogens with one attached hydrogen (secondary N) is 2. The average molecular weight is 621 g/mol. The molecule has 0 aromatic heterocycles. The van der Waals surface area contributed by atoms with E-state index in [1.807, 2.05) is 72.8 Å². The van der Waals surface area contributed by atoms with Gasteiger partial charge in [-0.05, 0) is 60.2 Å². The van der Waals surface area contributed by atoms with Crippen LogP contribution in [0, 0.1) is 0 Å². The summed E-state index contributed by atoms with van der Waals surface area (Å²) < 4.78 is 44.9. The summed E-state index contributed by atoms with van der Waals surface area (Å²) in [5.74, 6) is -0.687. The Kier molecular flexibility index (Phi) is 9.14. The van der Waals surface area contributed by atoms with Gasteiger partial charge < -0.3 is 25.2 Å².